The number of halogens is 2. The lowest BCUT2D eigenvalue weighted by Gasteiger charge is -2.38. The van der Waals surface area contributed by atoms with Crippen molar-refractivity contribution in [2.24, 2.45) is 11.7 Å². The van der Waals surface area contributed by atoms with Crippen LogP contribution >= 0.6 is 0 Å². The number of carbonyl (C=O) groups is 2. The Balaban J connectivity index is 1.27. The summed E-state index contributed by atoms with van der Waals surface area (Å²) >= 11 is 0. The smallest absolute Gasteiger partial charge is 0.315 e. The van der Waals surface area contributed by atoms with Crippen molar-refractivity contribution in [3.63, 3.8) is 0 Å². The van der Waals surface area contributed by atoms with Crippen LogP contribution in [0.15, 0.2) is 60.7 Å². The molecule has 0 saturated heterocycles. The first kappa shape index (κ1) is 26.9. The maximum Gasteiger partial charge on any atom is 0.315 e. The van der Waals surface area contributed by atoms with E-state index in [1.165, 1.54) is 0 Å². The summed E-state index contributed by atoms with van der Waals surface area (Å²) in [5, 5.41) is 14.1. The molecule has 0 radical (unpaired) electrons. The fourth-order valence-electron chi connectivity index (χ4n) is 5.54. The average molecular weight is 534 g/mol. The molecule has 2 aliphatic rings. The summed E-state index contributed by atoms with van der Waals surface area (Å²) in [4.78, 5) is 24.1. The Morgan fingerprint density at radius 3 is 2.26 bits per heavy atom. The number of rotatable bonds is 8. The van der Waals surface area contributed by atoms with Gasteiger partial charge in [0, 0.05) is 29.1 Å². The highest BCUT2D eigenvalue weighted by molar-refractivity contribution is 5.91. The number of hydrogen-bond acceptors (Lipinski definition) is 5. The van der Waals surface area contributed by atoms with Crippen LogP contribution in [0.5, 0.6) is 0 Å². The average Bonchev–Trinajstić information content (AvgIpc) is 2.93. The van der Waals surface area contributed by atoms with E-state index in [9.17, 15) is 18.4 Å². The molecule has 0 atom stereocenters. The van der Waals surface area contributed by atoms with E-state index in [1.54, 1.807) is 0 Å². The number of hydrogen-bond donors (Lipinski definition) is 3. The van der Waals surface area contributed by atoms with Crippen molar-refractivity contribution in [1.29, 1.82) is 0 Å². The largest absolute Gasteiger partial charge is 0.348 e. The van der Waals surface area contributed by atoms with Crippen LogP contribution in [0.2, 0.25) is 0 Å². The van der Waals surface area contributed by atoms with Crippen LogP contribution in [0.3, 0.4) is 0 Å². The highest BCUT2D eigenvalue weighted by Gasteiger charge is 2.34. The molecule has 2 aromatic carbocycles. The number of aromatic nitrogens is 2. The lowest BCUT2D eigenvalue weighted by atomic mass is 9.72. The fourth-order valence-corrected chi connectivity index (χ4v) is 5.54. The number of anilines is 1. The summed E-state index contributed by atoms with van der Waals surface area (Å²) in [5.74, 6) is -0.919. The molecular formula is C30H33F2N5O2. The molecule has 2 aliphatic carbocycles. The third-order valence-electron chi connectivity index (χ3n) is 7.99. The van der Waals surface area contributed by atoms with E-state index in [1.807, 2.05) is 48.5 Å². The topological polar surface area (TPSA) is 110 Å². The van der Waals surface area contributed by atoms with Crippen molar-refractivity contribution in [2.45, 2.75) is 69.4 Å². The Kier molecular flexibility index (Phi) is 7.97. The van der Waals surface area contributed by atoms with Crippen molar-refractivity contribution in [1.82, 2.24) is 15.5 Å². The maximum absolute atomic E-state index is 12.8. The van der Waals surface area contributed by atoms with E-state index >= 15 is 0 Å². The molecule has 5 rings (SSSR count). The van der Waals surface area contributed by atoms with Crippen LogP contribution < -0.4 is 16.4 Å². The molecule has 9 heteroatoms. The first-order valence-corrected chi connectivity index (χ1v) is 13.5. The van der Waals surface area contributed by atoms with E-state index in [-0.39, 0.29) is 23.4 Å². The van der Waals surface area contributed by atoms with Gasteiger partial charge in [0.1, 0.15) is 5.69 Å². The molecule has 0 unspecified atom stereocenters. The Morgan fingerprint density at radius 1 is 0.949 bits per heavy atom. The van der Waals surface area contributed by atoms with E-state index < -0.39 is 12.3 Å². The van der Waals surface area contributed by atoms with Gasteiger partial charge in [0.05, 0.1) is 0 Å². The number of alkyl halides is 2. The standard InChI is InChI=1S/C30H33F2N5O2/c31-28(32)29(39)34-23-13-7-19(8-14-23)17-26(38)35-25-18-24(20-5-2-1-3-6-20)27(37-36-25)21-9-11-22(12-10-21)30(33)15-4-16-30/h1-3,5-6,9-12,18-19,23,28H,4,7-8,13-17,33H2,(H,34,39)(H,35,36,38). The van der Waals surface area contributed by atoms with Gasteiger partial charge in [-0.3, -0.25) is 9.59 Å². The van der Waals surface area contributed by atoms with Gasteiger partial charge >= 0.3 is 6.43 Å². The first-order chi connectivity index (χ1) is 18.8. The summed E-state index contributed by atoms with van der Waals surface area (Å²) in [6, 6.07) is 19.6. The summed E-state index contributed by atoms with van der Waals surface area (Å²) in [7, 11) is 0. The van der Waals surface area contributed by atoms with Crippen LogP contribution in [0, 0.1) is 5.92 Å². The van der Waals surface area contributed by atoms with Crippen LogP contribution in [-0.4, -0.2) is 34.5 Å². The first-order valence-electron chi connectivity index (χ1n) is 13.5. The third kappa shape index (κ3) is 6.30. The number of nitrogens with one attached hydrogen (secondary N) is 2. The second kappa shape index (κ2) is 11.6. The Labute approximate surface area is 226 Å². The summed E-state index contributed by atoms with van der Waals surface area (Å²) < 4.78 is 25.0. The molecule has 2 amide bonds. The second-order valence-corrected chi connectivity index (χ2v) is 10.7. The van der Waals surface area contributed by atoms with Gasteiger partial charge in [0.15, 0.2) is 5.82 Å². The molecule has 0 bridgehead atoms. The van der Waals surface area contributed by atoms with E-state index in [0.717, 1.165) is 47.2 Å². The molecule has 3 aromatic rings. The van der Waals surface area contributed by atoms with Crippen molar-refractivity contribution in [3.05, 3.63) is 66.2 Å². The lowest BCUT2D eigenvalue weighted by Crippen LogP contribution is -2.43. The minimum atomic E-state index is -3.01. The predicted molar refractivity (Wildman–Crippen MR) is 146 cm³/mol. The highest BCUT2D eigenvalue weighted by atomic mass is 19.3. The maximum atomic E-state index is 12.8. The zero-order chi connectivity index (χ0) is 27.4. The second-order valence-electron chi connectivity index (χ2n) is 10.7. The normalized spacial score (nSPS) is 20.2. The zero-order valence-corrected chi connectivity index (χ0v) is 21.7. The van der Waals surface area contributed by atoms with Crippen LogP contribution in [0.25, 0.3) is 22.4 Å². The number of carbonyl (C=O) groups excluding carboxylic acids is 2. The van der Waals surface area contributed by atoms with Gasteiger partial charge in [-0.05, 0) is 68.1 Å². The number of benzene rings is 2. The van der Waals surface area contributed by atoms with Gasteiger partial charge in [-0.25, -0.2) is 0 Å². The number of nitrogens with zero attached hydrogens (tertiary/aromatic N) is 2. The third-order valence-corrected chi connectivity index (χ3v) is 7.99. The van der Waals surface area contributed by atoms with E-state index in [0.29, 0.717) is 37.9 Å². The predicted octanol–water partition coefficient (Wildman–Crippen LogP) is 5.42. The minimum absolute atomic E-state index is 0.116. The Morgan fingerprint density at radius 2 is 1.64 bits per heavy atom. The molecular weight excluding hydrogens is 500 g/mol. The van der Waals surface area contributed by atoms with Crippen molar-refractivity contribution < 1.29 is 18.4 Å². The Hall–Kier alpha value is -3.72. The summed E-state index contributed by atoms with van der Waals surface area (Å²) in [5.41, 5.74) is 10.8. The monoisotopic (exact) mass is 533 g/mol. The Bertz CT molecular complexity index is 1300. The van der Waals surface area contributed by atoms with E-state index in [2.05, 4.69) is 33.0 Å². The van der Waals surface area contributed by atoms with Crippen LogP contribution in [0.4, 0.5) is 14.6 Å². The van der Waals surface area contributed by atoms with E-state index in [4.69, 9.17) is 5.73 Å². The molecule has 204 valence electrons. The number of nitrogens with two attached hydrogens (primary N) is 1. The molecule has 0 aliphatic heterocycles. The van der Waals surface area contributed by atoms with Gasteiger partial charge < -0.3 is 16.4 Å². The van der Waals surface area contributed by atoms with Gasteiger partial charge in [0.2, 0.25) is 5.91 Å². The van der Waals surface area contributed by atoms with Gasteiger partial charge in [0.25, 0.3) is 5.91 Å². The van der Waals surface area contributed by atoms with Crippen molar-refractivity contribution in [2.75, 3.05) is 5.32 Å². The van der Waals surface area contributed by atoms with Gasteiger partial charge in [-0.1, -0.05) is 54.6 Å². The molecule has 4 N–H and O–H groups in total. The molecule has 1 aromatic heterocycles. The SMILES string of the molecule is NC1(c2ccc(-c3nnc(NC(=O)CC4CCC(NC(=O)C(F)F)CC4)cc3-c3ccccc3)cc2)CCC1. The minimum Gasteiger partial charge on any atom is -0.348 e. The lowest BCUT2D eigenvalue weighted by molar-refractivity contribution is -0.132. The van der Waals surface area contributed by atoms with Crippen molar-refractivity contribution >= 4 is 17.6 Å². The molecule has 1 heterocycles. The summed E-state index contributed by atoms with van der Waals surface area (Å²) in [6.07, 6.45) is 2.94. The zero-order valence-electron chi connectivity index (χ0n) is 21.7. The highest BCUT2D eigenvalue weighted by Crippen LogP contribution is 2.40. The molecule has 7 nitrogen and oxygen atoms in total. The van der Waals surface area contributed by atoms with Crippen LogP contribution in [-0.2, 0) is 15.1 Å². The molecule has 0 spiro atoms. The van der Waals surface area contributed by atoms with Gasteiger partial charge in [-0.15, -0.1) is 10.2 Å². The van der Waals surface area contributed by atoms with Crippen LogP contribution in [0.1, 0.15) is 56.9 Å². The quantitative estimate of drug-likeness (QED) is 0.358. The molecule has 39 heavy (non-hydrogen) atoms. The van der Waals surface area contributed by atoms with Crippen molar-refractivity contribution in [3.8, 4) is 22.4 Å². The summed E-state index contributed by atoms with van der Waals surface area (Å²) in [6.45, 7) is 0. The molecule has 2 fully saturated rings. The van der Waals surface area contributed by atoms with Gasteiger partial charge in [-0.2, -0.15) is 8.78 Å². The number of amides is 2. The fraction of sp³-hybridized carbons (Fsp3) is 0.400. The molecule has 2 saturated carbocycles.